The molecule has 0 saturated carbocycles. The smallest absolute Gasteiger partial charge is 0.187 e. The van der Waals surface area contributed by atoms with E-state index in [1.165, 1.54) is 70.6 Å². The van der Waals surface area contributed by atoms with Gasteiger partial charge in [0.05, 0.1) is 13.2 Å². The van der Waals surface area contributed by atoms with Gasteiger partial charge in [0, 0.05) is 23.5 Å². The van der Waals surface area contributed by atoms with Gasteiger partial charge in [-0.15, -0.1) is 0 Å². The molecule has 2 aromatic rings. The summed E-state index contributed by atoms with van der Waals surface area (Å²) in [5.41, 5.74) is 1.56. The molecule has 4 heteroatoms. The second-order valence-corrected chi connectivity index (χ2v) is 10.5. The first-order chi connectivity index (χ1) is 18.6. The lowest BCUT2D eigenvalue weighted by molar-refractivity contribution is 0.104. The Morgan fingerprint density at radius 3 is 1.84 bits per heavy atom. The number of hydrogen-bond acceptors (Lipinski definition) is 4. The first-order valence-electron chi connectivity index (χ1n) is 15.1. The van der Waals surface area contributed by atoms with Crippen LogP contribution in [-0.4, -0.2) is 19.0 Å². The minimum Gasteiger partial charge on any atom is -0.494 e. The Labute approximate surface area is 232 Å². The molecule has 0 saturated heterocycles. The fraction of sp³-hybridized carbons (Fsp3) is 0.559. The van der Waals surface area contributed by atoms with E-state index in [2.05, 4.69) is 26.1 Å². The molecule has 0 spiro atoms. The molecule has 0 unspecified atom stereocenters. The normalized spacial score (nSPS) is 12.0. The second kappa shape index (κ2) is 20.2. The Morgan fingerprint density at radius 2 is 1.26 bits per heavy atom. The van der Waals surface area contributed by atoms with Crippen molar-refractivity contribution < 1.29 is 14.3 Å². The fourth-order valence-corrected chi connectivity index (χ4v) is 4.16. The highest BCUT2D eigenvalue weighted by Gasteiger charge is 2.04. The summed E-state index contributed by atoms with van der Waals surface area (Å²) in [5, 5.41) is 3.16. The summed E-state index contributed by atoms with van der Waals surface area (Å²) in [5.74, 6) is 2.15. The topological polar surface area (TPSA) is 47.6 Å². The third-order valence-corrected chi connectivity index (χ3v) is 6.98. The van der Waals surface area contributed by atoms with E-state index in [1.807, 2.05) is 36.4 Å². The van der Waals surface area contributed by atoms with Gasteiger partial charge >= 0.3 is 0 Å². The van der Waals surface area contributed by atoms with E-state index < -0.39 is 0 Å². The van der Waals surface area contributed by atoms with Gasteiger partial charge in [-0.25, -0.2) is 0 Å². The van der Waals surface area contributed by atoms with Gasteiger partial charge in [-0.1, -0.05) is 97.8 Å². The molecule has 2 rings (SSSR count). The molecule has 38 heavy (non-hydrogen) atoms. The minimum absolute atomic E-state index is 0.0478. The molecule has 2 aromatic carbocycles. The molecule has 0 aromatic heterocycles. The van der Waals surface area contributed by atoms with Crippen LogP contribution in [0.4, 0.5) is 5.69 Å². The molecule has 0 aliphatic heterocycles. The number of nitrogens with one attached hydrogen (secondary N) is 1. The predicted octanol–water partition coefficient (Wildman–Crippen LogP) is 10.00. The van der Waals surface area contributed by atoms with Crippen LogP contribution in [0, 0.1) is 5.92 Å². The Hall–Kier alpha value is -2.75. The van der Waals surface area contributed by atoms with Crippen LogP contribution in [0.25, 0.3) is 0 Å². The molecule has 0 aliphatic rings. The fourth-order valence-electron chi connectivity index (χ4n) is 4.16. The van der Waals surface area contributed by atoms with Crippen LogP contribution in [0.3, 0.4) is 0 Å². The number of benzene rings is 2. The van der Waals surface area contributed by atoms with Crippen LogP contribution in [0.1, 0.15) is 115 Å². The van der Waals surface area contributed by atoms with Gasteiger partial charge in [-0.3, -0.25) is 4.79 Å². The number of rotatable bonds is 22. The van der Waals surface area contributed by atoms with E-state index in [9.17, 15) is 4.79 Å². The van der Waals surface area contributed by atoms with Crippen LogP contribution in [0.15, 0.2) is 60.8 Å². The molecular formula is C34H51NO3. The van der Waals surface area contributed by atoms with Gasteiger partial charge in [-0.05, 0) is 60.9 Å². The van der Waals surface area contributed by atoms with Gasteiger partial charge in [0.2, 0.25) is 0 Å². The minimum atomic E-state index is -0.0478. The van der Waals surface area contributed by atoms with Crippen LogP contribution >= 0.6 is 0 Å². The monoisotopic (exact) mass is 521 g/mol. The number of unbranched alkanes of at least 4 members (excludes halogenated alkanes) is 11. The van der Waals surface area contributed by atoms with Crippen molar-refractivity contribution in [1.29, 1.82) is 0 Å². The average Bonchev–Trinajstić information content (AvgIpc) is 2.95. The molecular weight excluding hydrogens is 470 g/mol. The van der Waals surface area contributed by atoms with E-state index in [0.717, 1.165) is 36.6 Å². The van der Waals surface area contributed by atoms with Crippen LogP contribution in [0.5, 0.6) is 11.5 Å². The van der Waals surface area contributed by atoms with Gasteiger partial charge in [0.25, 0.3) is 0 Å². The number of ether oxygens (including phenoxy) is 2. The van der Waals surface area contributed by atoms with E-state index in [-0.39, 0.29) is 5.78 Å². The summed E-state index contributed by atoms with van der Waals surface area (Å²) >= 11 is 0. The highest BCUT2D eigenvalue weighted by molar-refractivity contribution is 6.04. The van der Waals surface area contributed by atoms with Crippen molar-refractivity contribution in [1.82, 2.24) is 0 Å². The Balaban J connectivity index is 1.54. The number of allylic oxidation sites excluding steroid dienone is 1. The third-order valence-electron chi connectivity index (χ3n) is 6.98. The molecule has 0 fully saturated rings. The number of hydrogen-bond donors (Lipinski definition) is 1. The molecule has 1 atom stereocenters. The first kappa shape index (κ1) is 31.5. The highest BCUT2D eigenvalue weighted by Crippen LogP contribution is 2.18. The molecule has 0 radical (unpaired) electrons. The third kappa shape index (κ3) is 14.3. The second-order valence-electron chi connectivity index (χ2n) is 10.5. The summed E-state index contributed by atoms with van der Waals surface area (Å²) in [7, 11) is 0. The molecule has 0 amide bonds. The maximum absolute atomic E-state index is 12.4. The zero-order chi connectivity index (χ0) is 27.3. The Bertz CT molecular complexity index is 889. The zero-order valence-electron chi connectivity index (χ0n) is 24.2. The quantitative estimate of drug-likeness (QED) is 0.0951. The van der Waals surface area contributed by atoms with E-state index in [0.29, 0.717) is 18.1 Å². The predicted molar refractivity (Wildman–Crippen MR) is 162 cm³/mol. The van der Waals surface area contributed by atoms with Gasteiger partial charge in [0.1, 0.15) is 11.5 Å². The SMILES string of the molecule is CCCCCCCCCCCCCCOc1ccc(N/C=C/C(=O)c2ccc(OC[C@@H](C)CC)cc2)cc1. The lowest BCUT2D eigenvalue weighted by atomic mass is 10.1. The van der Waals surface area contributed by atoms with Crippen LogP contribution in [-0.2, 0) is 0 Å². The zero-order valence-corrected chi connectivity index (χ0v) is 24.2. The van der Waals surface area contributed by atoms with Gasteiger partial charge in [0.15, 0.2) is 5.78 Å². The molecule has 4 nitrogen and oxygen atoms in total. The maximum Gasteiger partial charge on any atom is 0.187 e. The Kier molecular flexibility index (Phi) is 16.8. The van der Waals surface area contributed by atoms with Crippen molar-refractivity contribution in [2.45, 2.75) is 104 Å². The van der Waals surface area contributed by atoms with Crippen molar-refractivity contribution >= 4 is 11.5 Å². The lowest BCUT2D eigenvalue weighted by Gasteiger charge is -2.10. The van der Waals surface area contributed by atoms with Crippen molar-refractivity contribution in [2.24, 2.45) is 5.92 Å². The number of anilines is 1. The highest BCUT2D eigenvalue weighted by atomic mass is 16.5. The van der Waals surface area contributed by atoms with Crippen molar-refractivity contribution in [3.8, 4) is 11.5 Å². The van der Waals surface area contributed by atoms with Gasteiger partial charge < -0.3 is 14.8 Å². The summed E-state index contributed by atoms with van der Waals surface area (Å²) < 4.78 is 11.6. The van der Waals surface area contributed by atoms with E-state index in [1.54, 1.807) is 24.4 Å². The van der Waals surface area contributed by atoms with Crippen molar-refractivity contribution in [3.63, 3.8) is 0 Å². The van der Waals surface area contributed by atoms with E-state index >= 15 is 0 Å². The molecule has 0 aliphatic carbocycles. The van der Waals surface area contributed by atoms with E-state index in [4.69, 9.17) is 9.47 Å². The molecule has 1 N–H and O–H groups in total. The van der Waals surface area contributed by atoms with Crippen molar-refractivity contribution in [2.75, 3.05) is 18.5 Å². The molecule has 210 valence electrons. The summed E-state index contributed by atoms with van der Waals surface area (Å²) in [6.07, 6.45) is 20.5. The maximum atomic E-state index is 12.4. The van der Waals surface area contributed by atoms with Crippen LogP contribution in [0.2, 0.25) is 0 Å². The summed E-state index contributed by atoms with van der Waals surface area (Å²) in [6, 6.07) is 15.2. The molecule has 0 bridgehead atoms. The summed E-state index contributed by atoms with van der Waals surface area (Å²) in [6.45, 7) is 8.05. The standard InChI is InChI=1S/C34H51NO3/c1-4-6-7-8-9-10-11-12-13-14-15-16-27-37-32-23-19-31(20-24-32)35-26-25-34(36)30-17-21-33(22-18-30)38-28-29(3)5-2/h17-26,29,35H,4-16,27-28H2,1-3H3/b26-25+/t29-/m0/s1. The number of carbonyl (C=O) groups excluding carboxylic acids is 1. The van der Waals surface area contributed by atoms with Crippen molar-refractivity contribution in [3.05, 3.63) is 66.4 Å². The first-order valence-corrected chi connectivity index (χ1v) is 15.1. The Morgan fingerprint density at radius 1 is 0.737 bits per heavy atom. The average molecular weight is 522 g/mol. The lowest BCUT2D eigenvalue weighted by Crippen LogP contribution is -2.07. The summed E-state index contributed by atoms with van der Waals surface area (Å²) in [4.78, 5) is 12.4. The number of carbonyl (C=O) groups is 1. The number of ketones is 1. The molecule has 0 heterocycles. The largest absolute Gasteiger partial charge is 0.494 e. The van der Waals surface area contributed by atoms with Gasteiger partial charge in [-0.2, -0.15) is 0 Å². The van der Waals surface area contributed by atoms with Crippen LogP contribution < -0.4 is 14.8 Å².